The Hall–Kier alpha value is -0.790. The van der Waals surface area contributed by atoms with E-state index in [1.165, 1.54) is 13.5 Å². The normalized spacial score (nSPS) is 10.6. The molecular weight excluding hydrogens is 164 g/mol. The van der Waals surface area contributed by atoms with E-state index in [2.05, 4.69) is 23.8 Å². The molecule has 2 heteroatoms. The smallest absolute Gasteiger partial charge is 0.305 e. The zero-order chi connectivity index (χ0) is 9.94. The zero-order valence-corrected chi connectivity index (χ0v) is 8.71. The monoisotopic (exact) mass is 184 g/mol. The molecule has 0 aromatic heterocycles. The van der Waals surface area contributed by atoms with E-state index >= 15 is 0 Å². The second-order valence-electron chi connectivity index (χ2n) is 3.06. The number of esters is 1. The van der Waals surface area contributed by atoms with E-state index in [1.807, 2.05) is 0 Å². The predicted molar refractivity (Wildman–Crippen MR) is 54.5 cm³/mol. The van der Waals surface area contributed by atoms with Crippen molar-refractivity contribution in [3.63, 3.8) is 0 Å². The lowest BCUT2D eigenvalue weighted by Crippen LogP contribution is -1.98. The lowest BCUT2D eigenvalue weighted by Gasteiger charge is -1.97. The molecule has 0 bridgehead atoms. The molecule has 0 fully saturated rings. The number of carbonyl (C=O) groups is 1. The summed E-state index contributed by atoms with van der Waals surface area (Å²) in [5, 5.41) is 0. The van der Waals surface area contributed by atoms with Crippen molar-refractivity contribution < 1.29 is 9.53 Å². The summed E-state index contributed by atoms with van der Waals surface area (Å²) in [5.74, 6) is -0.0934. The molecule has 0 aromatic carbocycles. The molecule has 0 atom stereocenters. The van der Waals surface area contributed by atoms with Crippen molar-refractivity contribution in [3.8, 4) is 0 Å². The number of carbonyl (C=O) groups excluding carboxylic acids is 1. The highest BCUT2D eigenvalue weighted by Crippen LogP contribution is 2.04. The lowest BCUT2D eigenvalue weighted by molar-refractivity contribution is -0.140. The minimum absolute atomic E-state index is 0.0934. The van der Waals surface area contributed by atoms with Crippen LogP contribution in [-0.2, 0) is 9.53 Å². The number of hydrogen-bond donors (Lipinski definition) is 0. The predicted octanol–water partition coefficient (Wildman–Crippen LogP) is 3.08. The van der Waals surface area contributed by atoms with E-state index in [0.717, 1.165) is 25.7 Å². The van der Waals surface area contributed by atoms with Gasteiger partial charge in [0, 0.05) is 6.42 Å². The van der Waals surface area contributed by atoms with Gasteiger partial charge in [-0.2, -0.15) is 0 Å². The zero-order valence-electron chi connectivity index (χ0n) is 8.71. The lowest BCUT2D eigenvalue weighted by atomic mass is 10.1. The Bertz CT molecular complexity index is 150. The topological polar surface area (TPSA) is 26.3 Å². The molecule has 0 heterocycles. The standard InChI is InChI=1S/C11H20O2/c1-3-4-5-6-7-8-9-10-11(12)13-2/h4-5H,3,6-10H2,1-2H3. The first-order valence-electron chi connectivity index (χ1n) is 5.03. The van der Waals surface area contributed by atoms with Gasteiger partial charge in [-0.3, -0.25) is 4.79 Å². The van der Waals surface area contributed by atoms with E-state index < -0.39 is 0 Å². The molecule has 0 saturated carbocycles. The summed E-state index contributed by atoms with van der Waals surface area (Å²) in [4.78, 5) is 10.7. The summed E-state index contributed by atoms with van der Waals surface area (Å²) in [6.45, 7) is 2.13. The molecule has 2 nitrogen and oxygen atoms in total. The molecule has 0 unspecified atom stereocenters. The molecule has 0 radical (unpaired) electrons. The molecule has 0 N–H and O–H groups in total. The van der Waals surface area contributed by atoms with Gasteiger partial charge >= 0.3 is 5.97 Å². The Morgan fingerprint density at radius 1 is 1.23 bits per heavy atom. The third kappa shape index (κ3) is 9.12. The highest BCUT2D eigenvalue weighted by molar-refractivity contribution is 5.68. The molecule has 13 heavy (non-hydrogen) atoms. The van der Waals surface area contributed by atoms with Gasteiger partial charge in [0.1, 0.15) is 0 Å². The highest BCUT2D eigenvalue weighted by atomic mass is 16.5. The van der Waals surface area contributed by atoms with Gasteiger partial charge in [-0.05, 0) is 25.7 Å². The van der Waals surface area contributed by atoms with Crippen LogP contribution in [0.1, 0.15) is 45.4 Å². The molecule has 0 amide bonds. The largest absolute Gasteiger partial charge is 0.469 e. The Morgan fingerprint density at radius 2 is 2.00 bits per heavy atom. The fraction of sp³-hybridized carbons (Fsp3) is 0.727. The van der Waals surface area contributed by atoms with Crippen LogP contribution in [0.15, 0.2) is 12.2 Å². The molecular formula is C11H20O2. The van der Waals surface area contributed by atoms with E-state index in [1.54, 1.807) is 0 Å². The number of allylic oxidation sites excluding steroid dienone is 2. The van der Waals surface area contributed by atoms with Gasteiger partial charge in [0.2, 0.25) is 0 Å². The first-order chi connectivity index (χ1) is 6.31. The maximum absolute atomic E-state index is 10.7. The van der Waals surface area contributed by atoms with Gasteiger partial charge in [0.25, 0.3) is 0 Å². The van der Waals surface area contributed by atoms with Crippen LogP contribution in [0, 0.1) is 0 Å². The van der Waals surface area contributed by atoms with E-state index in [-0.39, 0.29) is 5.97 Å². The fourth-order valence-electron chi connectivity index (χ4n) is 1.09. The number of ether oxygens (including phenoxy) is 1. The van der Waals surface area contributed by atoms with E-state index in [9.17, 15) is 4.79 Å². The van der Waals surface area contributed by atoms with Crippen LogP contribution in [0.2, 0.25) is 0 Å². The van der Waals surface area contributed by atoms with Crippen LogP contribution in [0.4, 0.5) is 0 Å². The first-order valence-corrected chi connectivity index (χ1v) is 5.03. The summed E-state index contributed by atoms with van der Waals surface area (Å²) in [6.07, 6.45) is 10.4. The quantitative estimate of drug-likeness (QED) is 0.345. The van der Waals surface area contributed by atoms with E-state index in [4.69, 9.17) is 0 Å². The minimum Gasteiger partial charge on any atom is -0.469 e. The maximum atomic E-state index is 10.7. The molecule has 0 spiro atoms. The number of hydrogen-bond acceptors (Lipinski definition) is 2. The summed E-state index contributed by atoms with van der Waals surface area (Å²) in [5.41, 5.74) is 0. The van der Waals surface area contributed by atoms with Crippen molar-refractivity contribution in [1.82, 2.24) is 0 Å². The van der Waals surface area contributed by atoms with Crippen LogP contribution in [0.3, 0.4) is 0 Å². The summed E-state index contributed by atoms with van der Waals surface area (Å²) in [7, 11) is 1.44. The SMILES string of the molecule is CCC=CCCCCCC(=O)OC. The van der Waals surface area contributed by atoms with Crippen LogP contribution in [0.25, 0.3) is 0 Å². The highest BCUT2D eigenvalue weighted by Gasteiger charge is 1.97. The summed E-state index contributed by atoms with van der Waals surface area (Å²) in [6, 6.07) is 0. The van der Waals surface area contributed by atoms with Crippen molar-refractivity contribution in [2.45, 2.75) is 45.4 Å². The second-order valence-corrected chi connectivity index (χ2v) is 3.06. The van der Waals surface area contributed by atoms with Crippen molar-refractivity contribution in [1.29, 1.82) is 0 Å². The van der Waals surface area contributed by atoms with Gasteiger partial charge in [-0.25, -0.2) is 0 Å². The third-order valence-electron chi connectivity index (χ3n) is 1.88. The third-order valence-corrected chi connectivity index (χ3v) is 1.88. The minimum atomic E-state index is -0.0934. The molecule has 0 rings (SSSR count). The van der Waals surface area contributed by atoms with E-state index in [0.29, 0.717) is 6.42 Å². The Balaban J connectivity index is 3.08. The summed E-state index contributed by atoms with van der Waals surface area (Å²) < 4.78 is 4.54. The number of rotatable bonds is 7. The fourth-order valence-corrected chi connectivity index (χ4v) is 1.09. The van der Waals surface area contributed by atoms with Crippen LogP contribution >= 0.6 is 0 Å². The van der Waals surface area contributed by atoms with Crippen LogP contribution in [-0.4, -0.2) is 13.1 Å². The average molecular weight is 184 g/mol. The van der Waals surface area contributed by atoms with Gasteiger partial charge in [0.05, 0.1) is 7.11 Å². The molecule has 0 aliphatic carbocycles. The Labute approximate surface area is 81.0 Å². The number of unbranched alkanes of at least 4 members (excludes halogenated alkanes) is 3. The van der Waals surface area contributed by atoms with Gasteiger partial charge in [-0.1, -0.05) is 25.5 Å². The summed E-state index contributed by atoms with van der Waals surface area (Å²) >= 11 is 0. The van der Waals surface area contributed by atoms with Crippen molar-refractivity contribution in [2.75, 3.05) is 7.11 Å². The van der Waals surface area contributed by atoms with Crippen LogP contribution < -0.4 is 0 Å². The molecule has 0 aliphatic rings. The molecule has 76 valence electrons. The molecule has 0 aliphatic heterocycles. The van der Waals surface area contributed by atoms with Gasteiger partial charge in [0.15, 0.2) is 0 Å². The maximum Gasteiger partial charge on any atom is 0.305 e. The van der Waals surface area contributed by atoms with Crippen LogP contribution in [0.5, 0.6) is 0 Å². The Kier molecular flexibility index (Phi) is 8.73. The van der Waals surface area contributed by atoms with Crippen molar-refractivity contribution in [3.05, 3.63) is 12.2 Å². The first kappa shape index (κ1) is 12.2. The van der Waals surface area contributed by atoms with Crippen molar-refractivity contribution >= 4 is 5.97 Å². The number of methoxy groups -OCH3 is 1. The molecule has 0 aromatic rings. The molecule has 0 saturated heterocycles. The van der Waals surface area contributed by atoms with Crippen molar-refractivity contribution in [2.24, 2.45) is 0 Å². The average Bonchev–Trinajstić information content (AvgIpc) is 2.16. The Morgan fingerprint density at radius 3 is 2.62 bits per heavy atom. The van der Waals surface area contributed by atoms with Gasteiger partial charge in [-0.15, -0.1) is 0 Å². The van der Waals surface area contributed by atoms with Gasteiger partial charge < -0.3 is 4.74 Å². The second kappa shape index (κ2) is 9.30.